The summed E-state index contributed by atoms with van der Waals surface area (Å²) in [6.45, 7) is 12.9. The summed E-state index contributed by atoms with van der Waals surface area (Å²) >= 11 is 0. The maximum atomic E-state index is 11.3. The van der Waals surface area contributed by atoms with Crippen LogP contribution in [0.1, 0.15) is 34.6 Å². The van der Waals surface area contributed by atoms with E-state index >= 15 is 0 Å². The Morgan fingerprint density at radius 3 is 2.24 bits per heavy atom. The van der Waals surface area contributed by atoms with E-state index in [9.17, 15) is 9.90 Å². The fourth-order valence-corrected chi connectivity index (χ4v) is 2.22. The van der Waals surface area contributed by atoms with E-state index in [4.69, 9.17) is 0 Å². The molecular weight excluding hydrogens is 216 g/mol. The summed E-state index contributed by atoms with van der Waals surface area (Å²) in [7, 11) is 2.02. The highest BCUT2D eigenvalue weighted by Crippen LogP contribution is 2.26. The number of carboxylic acid groups (broad SMARTS) is 1. The maximum absolute atomic E-state index is 11.3. The second-order valence-electron chi connectivity index (χ2n) is 6.78. The van der Waals surface area contributed by atoms with Crippen LogP contribution in [0.5, 0.6) is 0 Å². The topological polar surface area (TPSA) is 43.8 Å². The maximum Gasteiger partial charge on any atom is 0.309 e. The van der Waals surface area contributed by atoms with Crippen LogP contribution in [0, 0.1) is 5.92 Å². The van der Waals surface area contributed by atoms with Gasteiger partial charge >= 0.3 is 5.97 Å². The van der Waals surface area contributed by atoms with E-state index in [1.54, 1.807) is 0 Å². The molecule has 4 nitrogen and oxygen atoms in total. The highest BCUT2D eigenvalue weighted by molar-refractivity contribution is 5.70. The van der Waals surface area contributed by atoms with Gasteiger partial charge in [0.25, 0.3) is 0 Å². The van der Waals surface area contributed by atoms with E-state index in [0.29, 0.717) is 13.1 Å². The van der Waals surface area contributed by atoms with Crippen molar-refractivity contribution in [2.45, 2.75) is 45.7 Å². The molecule has 0 saturated carbocycles. The molecule has 0 bridgehead atoms. The van der Waals surface area contributed by atoms with E-state index in [1.807, 2.05) is 7.05 Å². The molecule has 1 rings (SSSR count). The van der Waals surface area contributed by atoms with Gasteiger partial charge in [0.05, 0.1) is 5.92 Å². The van der Waals surface area contributed by atoms with Crippen molar-refractivity contribution in [3.63, 3.8) is 0 Å². The van der Waals surface area contributed by atoms with Crippen LogP contribution < -0.4 is 0 Å². The number of hydrogen-bond donors (Lipinski definition) is 1. The first-order valence-electron chi connectivity index (χ1n) is 6.23. The van der Waals surface area contributed by atoms with Crippen molar-refractivity contribution in [1.82, 2.24) is 9.80 Å². The number of carboxylic acids is 1. The summed E-state index contributed by atoms with van der Waals surface area (Å²) in [6.07, 6.45) is 0. The average Bonchev–Trinajstić information content (AvgIpc) is 2.23. The second kappa shape index (κ2) is 4.58. The zero-order chi connectivity index (χ0) is 13.4. The number of nitrogens with zero attached hydrogens (tertiary/aromatic N) is 2. The molecule has 0 aromatic carbocycles. The quantitative estimate of drug-likeness (QED) is 0.757. The van der Waals surface area contributed by atoms with Gasteiger partial charge in [-0.15, -0.1) is 0 Å². The van der Waals surface area contributed by atoms with Gasteiger partial charge in [-0.05, 0) is 41.7 Å². The molecule has 0 aliphatic carbocycles. The predicted molar refractivity (Wildman–Crippen MR) is 69.2 cm³/mol. The van der Waals surface area contributed by atoms with Gasteiger partial charge in [-0.3, -0.25) is 14.6 Å². The third-order valence-corrected chi connectivity index (χ3v) is 3.84. The molecule has 1 heterocycles. The lowest BCUT2D eigenvalue weighted by atomic mass is 9.99. The van der Waals surface area contributed by atoms with Crippen LogP contribution >= 0.6 is 0 Å². The lowest BCUT2D eigenvalue weighted by molar-refractivity contribution is -0.142. The van der Waals surface area contributed by atoms with E-state index < -0.39 is 5.97 Å². The highest BCUT2D eigenvalue weighted by Gasteiger charge is 2.39. The molecule has 0 aromatic heterocycles. The van der Waals surface area contributed by atoms with Crippen molar-refractivity contribution in [3.05, 3.63) is 0 Å². The zero-order valence-electron chi connectivity index (χ0n) is 11.9. The summed E-state index contributed by atoms with van der Waals surface area (Å²) in [5.74, 6) is -0.996. The fourth-order valence-electron chi connectivity index (χ4n) is 2.22. The molecule has 4 heteroatoms. The SMILES string of the molecule is CN1CC(C(=O)O)CN(C(C)(C)C)CC1(C)C. The van der Waals surface area contributed by atoms with Crippen LogP contribution in [0.3, 0.4) is 0 Å². The Morgan fingerprint density at radius 2 is 1.82 bits per heavy atom. The Balaban J connectivity index is 2.98. The fraction of sp³-hybridized carbons (Fsp3) is 0.923. The number of likely N-dealkylation sites (N-methyl/N-ethyl adjacent to an activating group) is 1. The first-order valence-corrected chi connectivity index (χ1v) is 6.23. The van der Waals surface area contributed by atoms with Crippen molar-refractivity contribution in [2.75, 3.05) is 26.7 Å². The Labute approximate surface area is 105 Å². The molecule has 17 heavy (non-hydrogen) atoms. The van der Waals surface area contributed by atoms with Crippen molar-refractivity contribution in [1.29, 1.82) is 0 Å². The standard InChI is InChI=1S/C13H26N2O2/c1-12(2,3)15-8-10(11(16)17)7-14(6)13(4,5)9-15/h10H,7-9H2,1-6H3,(H,16,17). The lowest BCUT2D eigenvalue weighted by Crippen LogP contribution is -2.52. The van der Waals surface area contributed by atoms with Crippen molar-refractivity contribution >= 4 is 5.97 Å². The first-order chi connectivity index (χ1) is 7.54. The van der Waals surface area contributed by atoms with Crippen LogP contribution in [0.15, 0.2) is 0 Å². The van der Waals surface area contributed by atoms with Crippen molar-refractivity contribution in [3.8, 4) is 0 Å². The van der Waals surface area contributed by atoms with E-state index in [0.717, 1.165) is 6.54 Å². The third-order valence-electron chi connectivity index (χ3n) is 3.84. The van der Waals surface area contributed by atoms with E-state index in [1.165, 1.54) is 0 Å². The van der Waals surface area contributed by atoms with Gasteiger partial charge < -0.3 is 5.11 Å². The Morgan fingerprint density at radius 1 is 1.29 bits per heavy atom. The summed E-state index contributed by atoms with van der Waals surface area (Å²) < 4.78 is 0. The Kier molecular flexibility index (Phi) is 3.89. The van der Waals surface area contributed by atoms with E-state index in [-0.39, 0.29) is 17.0 Å². The molecule has 0 aromatic rings. The summed E-state index contributed by atoms with van der Waals surface area (Å²) in [4.78, 5) is 15.7. The van der Waals surface area contributed by atoms with Gasteiger partial charge in [-0.25, -0.2) is 0 Å². The van der Waals surface area contributed by atoms with Gasteiger partial charge in [0.2, 0.25) is 0 Å². The molecule has 1 aliphatic rings. The first kappa shape index (κ1) is 14.5. The molecule has 1 atom stereocenters. The molecule has 0 spiro atoms. The minimum atomic E-state index is -0.691. The minimum absolute atomic E-state index is 0.0101. The summed E-state index contributed by atoms with van der Waals surface area (Å²) in [6, 6.07) is 0. The third kappa shape index (κ3) is 3.42. The van der Waals surface area contributed by atoms with Crippen LogP contribution in [0.25, 0.3) is 0 Å². The summed E-state index contributed by atoms with van der Waals surface area (Å²) in [5, 5.41) is 9.28. The second-order valence-corrected chi connectivity index (χ2v) is 6.78. The molecule has 0 radical (unpaired) electrons. The number of carbonyl (C=O) groups is 1. The highest BCUT2D eigenvalue weighted by atomic mass is 16.4. The summed E-state index contributed by atoms with van der Waals surface area (Å²) in [5.41, 5.74) is 0.0215. The zero-order valence-corrected chi connectivity index (χ0v) is 11.9. The van der Waals surface area contributed by atoms with Gasteiger partial charge in [0.15, 0.2) is 0 Å². The Hall–Kier alpha value is -0.610. The van der Waals surface area contributed by atoms with Crippen molar-refractivity contribution in [2.24, 2.45) is 5.92 Å². The van der Waals surface area contributed by atoms with Crippen LogP contribution in [-0.4, -0.2) is 58.6 Å². The minimum Gasteiger partial charge on any atom is -0.481 e. The molecule has 1 fully saturated rings. The normalized spacial score (nSPS) is 27.8. The Bertz CT molecular complexity index is 294. The molecule has 100 valence electrons. The molecular formula is C13H26N2O2. The van der Waals surface area contributed by atoms with Crippen LogP contribution in [0.4, 0.5) is 0 Å². The van der Waals surface area contributed by atoms with Gasteiger partial charge in [-0.1, -0.05) is 0 Å². The van der Waals surface area contributed by atoms with E-state index in [2.05, 4.69) is 44.4 Å². The van der Waals surface area contributed by atoms with Crippen LogP contribution in [-0.2, 0) is 4.79 Å². The smallest absolute Gasteiger partial charge is 0.309 e. The van der Waals surface area contributed by atoms with Crippen molar-refractivity contribution < 1.29 is 9.90 Å². The largest absolute Gasteiger partial charge is 0.481 e. The molecule has 1 unspecified atom stereocenters. The monoisotopic (exact) mass is 242 g/mol. The molecule has 1 aliphatic heterocycles. The number of rotatable bonds is 1. The predicted octanol–water partition coefficient (Wildman–Crippen LogP) is 1.51. The van der Waals surface area contributed by atoms with Gasteiger partial charge in [0.1, 0.15) is 0 Å². The molecule has 1 N–H and O–H groups in total. The average molecular weight is 242 g/mol. The molecule has 1 saturated heterocycles. The van der Waals surface area contributed by atoms with Crippen LogP contribution in [0.2, 0.25) is 0 Å². The van der Waals surface area contributed by atoms with Gasteiger partial charge in [0, 0.05) is 30.7 Å². The van der Waals surface area contributed by atoms with Gasteiger partial charge in [-0.2, -0.15) is 0 Å². The lowest BCUT2D eigenvalue weighted by Gasteiger charge is -2.41. The molecule has 0 amide bonds. The number of hydrogen-bond acceptors (Lipinski definition) is 3. The number of aliphatic carboxylic acids is 1.